The van der Waals surface area contributed by atoms with Crippen LogP contribution in [0.25, 0.3) is 0 Å². The second-order valence-electron chi connectivity index (χ2n) is 18.5. The first kappa shape index (κ1) is 57.9. The largest absolute Gasteiger partial charge is 0.454 e. The molecule has 18 nitrogen and oxygen atoms in total. The maximum absolute atomic E-state index is 13.0. The SMILES string of the molecule is CCSC(N)=NC(=S)Nc1ccc(N2CCC(N3CCOCC3)CC2)cc1.Nc1nc(Nc2ccc(N3CCC(N4CCOCC4)CC3)cc2)sc1C(=O)c1ccc2c(c1)OCO2.O=C(CBr)c1ccc2c(c1)OCO2.P. The van der Waals surface area contributed by atoms with Gasteiger partial charge in [-0.1, -0.05) is 46.0 Å². The molecule has 11 rings (SSSR count). The number of halogens is 1. The van der Waals surface area contributed by atoms with E-state index in [0.717, 1.165) is 95.9 Å². The van der Waals surface area contributed by atoms with Gasteiger partial charge in [0.1, 0.15) is 10.7 Å². The Morgan fingerprint density at radius 2 is 1.19 bits per heavy atom. The molecule has 5 aromatic rings. The third kappa shape index (κ3) is 15.7. The molecule has 77 heavy (non-hydrogen) atoms. The molecule has 6 aliphatic heterocycles. The van der Waals surface area contributed by atoms with E-state index in [2.05, 4.69) is 80.4 Å². The summed E-state index contributed by atoms with van der Waals surface area (Å²) >= 11 is 11.1. The topological polar surface area (TPSA) is 204 Å². The highest BCUT2D eigenvalue weighted by molar-refractivity contribution is 9.09. The van der Waals surface area contributed by atoms with Crippen LogP contribution in [0.4, 0.5) is 33.7 Å². The Hall–Kier alpha value is -5.29. The zero-order chi connectivity index (χ0) is 52.8. The number of thioether (sulfide) groups is 1. The standard InChI is InChI=1S/C26H29N5O4S.C19H29N5OS2.C9H7BrO3.H3P/c27-25-24(23(32)17-1-6-21-22(15-17)35-16-34-21)36-26(29-25)28-18-2-4-19(5-3-18)30-9-7-20(8-10-30)31-11-13-33-14-12-31;1-2-27-18(20)22-19(26)21-15-3-5-16(6-4-15)23-9-7-17(8-10-23)24-11-13-25-14-12-24;10-4-7(11)6-1-2-8-9(3-6)13-5-12-8;/h1-6,15,20H,7-14,16,27H2,(H,28,29);3-6,17H,2,7-14H2,1H3,(H3,20,21,22,26);1-3H,4-5H2;1H3. The van der Waals surface area contributed by atoms with Crippen molar-refractivity contribution in [1.29, 1.82) is 0 Å². The van der Waals surface area contributed by atoms with Gasteiger partial charge in [-0.05, 0) is 129 Å². The van der Waals surface area contributed by atoms with Crippen LogP contribution in [0.1, 0.15) is 58.2 Å². The number of nitrogens with two attached hydrogens (primary N) is 2. The molecular weight excluding hydrogens is 1120 g/mol. The minimum absolute atomic E-state index is 0. The number of thiazole rings is 1. The van der Waals surface area contributed by atoms with Crippen molar-refractivity contribution in [2.75, 3.05) is 130 Å². The Bertz CT molecular complexity index is 2790. The maximum atomic E-state index is 13.0. The average Bonchev–Trinajstić information content (AvgIpc) is 4.24. The number of morpholine rings is 2. The van der Waals surface area contributed by atoms with Gasteiger partial charge in [-0.3, -0.25) is 19.4 Å². The lowest BCUT2D eigenvalue weighted by molar-refractivity contribution is 0.0115. The Morgan fingerprint density at radius 3 is 1.70 bits per heavy atom. The molecule has 7 heterocycles. The molecule has 0 saturated carbocycles. The van der Waals surface area contributed by atoms with Gasteiger partial charge < -0.3 is 60.3 Å². The molecule has 0 spiro atoms. The third-order valence-electron chi connectivity index (χ3n) is 13.8. The molecule has 23 heteroatoms. The minimum Gasteiger partial charge on any atom is -0.454 e. The molecule has 1 unspecified atom stereocenters. The molecule has 0 aliphatic carbocycles. The van der Waals surface area contributed by atoms with E-state index >= 15 is 0 Å². The number of anilines is 6. The van der Waals surface area contributed by atoms with Crippen LogP contribution in [-0.4, -0.2) is 152 Å². The van der Waals surface area contributed by atoms with Gasteiger partial charge in [0, 0.05) is 98.3 Å². The molecule has 6 N–H and O–H groups in total. The van der Waals surface area contributed by atoms with Crippen LogP contribution < -0.4 is 50.8 Å². The summed E-state index contributed by atoms with van der Waals surface area (Å²) in [6, 6.07) is 28.4. The summed E-state index contributed by atoms with van der Waals surface area (Å²) in [5.74, 6) is 3.49. The van der Waals surface area contributed by atoms with Crippen LogP contribution in [0.2, 0.25) is 0 Å². The number of nitrogens with one attached hydrogen (secondary N) is 2. The van der Waals surface area contributed by atoms with E-state index in [1.54, 1.807) is 36.4 Å². The fourth-order valence-electron chi connectivity index (χ4n) is 9.79. The summed E-state index contributed by atoms with van der Waals surface area (Å²) in [5.41, 5.74) is 17.3. The number of amidine groups is 1. The number of thiocarbonyl (C=S) groups is 1. The number of piperidine rings is 2. The van der Waals surface area contributed by atoms with Crippen molar-refractivity contribution >= 4 is 117 Å². The molecular formula is C54H68BrN10O8PS3. The summed E-state index contributed by atoms with van der Waals surface area (Å²) < 4.78 is 31.9. The smallest absolute Gasteiger partial charge is 0.231 e. The van der Waals surface area contributed by atoms with Crippen LogP contribution in [0.5, 0.6) is 23.0 Å². The van der Waals surface area contributed by atoms with Gasteiger partial charge in [-0.15, -0.1) is 0 Å². The summed E-state index contributed by atoms with van der Waals surface area (Å²) in [4.78, 5) is 43.3. The van der Waals surface area contributed by atoms with Gasteiger partial charge >= 0.3 is 0 Å². The normalized spacial score (nSPS) is 17.8. The molecule has 4 aromatic carbocycles. The summed E-state index contributed by atoms with van der Waals surface area (Å²) in [6.07, 6.45) is 4.79. The van der Waals surface area contributed by atoms with Gasteiger partial charge in [0.2, 0.25) is 19.4 Å². The van der Waals surface area contributed by atoms with Crippen molar-refractivity contribution in [3.05, 3.63) is 101 Å². The molecule has 1 atom stereocenters. The number of nitrogens with zero attached hydrogens (tertiary/aromatic N) is 6. The lowest BCUT2D eigenvalue weighted by Crippen LogP contribution is -2.49. The quantitative estimate of drug-likeness (QED) is 0.0231. The number of hydrogen-bond acceptors (Lipinski definition) is 18. The highest BCUT2D eigenvalue weighted by Crippen LogP contribution is 2.36. The lowest BCUT2D eigenvalue weighted by Gasteiger charge is -2.40. The molecule has 4 saturated heterocycles. The van der Waals surface area contributed by atoms with Gasteiger partial charge in [0.15, 0.2) is 44.2 Å². The van der Waals surface area contributed by atoms with E-state index in [-0.39, 0.29) is 40.9 Å². The second kappa shape index (κ2) is 28.5. The first-order valence-corrected chi connectivity index (χ1v) is 29.0. The molecule has 0 radical (unpaired) electrons. The monoisotopic (exact) mass is 1190 g/mol. The number of carbonyl (C=O) groups is 2. The maximum Gasteiger partial charge on any atom is 0.231 e. The van der Waals surface area contributed by atoms with Gasteiger partial charge in [-0.2, -0.15) is 14.9 Å². The first-order chi connectivity index (χ1) is 37.1. The molecule has 412 valence electrons. The van der Waals surface area contributed by atoms with E-state index in [1.165, 1.54) is 60.2 Å². The van der Waals surface area contributed by atoms with Gasteiger partial charge in [-0.25, -0.2) is 4.98 Å². The highest BCUT2D eigenvalue weighted by atomic mass is 79.9. The molecule has 6 aliphatic rings. The third-order valence-corrected chi connectivity index (χ3v) is 16.2. The lowest BCUT2D eigenvalue weighted by atomic mass is 10.0. The number of hydrogen-bond donors (Lipinski definition) is 4. The second-order valence-corrected chi connectivity index (χ2v) is 21.8. The summed E-state index contributed by atoms with van der Waals surface area (Å²) in [5, 5.41) is 8.21. The van der Waals surface area contributed by atoms with Crippen LogP contribution in [0.15, 0.2) is 89.9 Å². The molecule has 0 amide bonds. The predicted octanol–water partition coefficient (Wildman–Crippen LogP) is 8.53. The molecule has 0 bridgehead atoms. The Labute approximate surface area is 475 Å². The van der Waals surface area contributed by atoms with Crippen molar-refractivity contribution in [2.24, 2.45) is 10.7 Å². The van der Waals surface area contributed by atoms with Crippen molar-refractivity contribution in [2.45, 2.75) is 44.7 Å². The van der Waals surface area contributed by atoms with Crippen molar-refractivity contribution < 1.29 is 38.0 Å². The number of benzene rings is 4. The van der Waals surface area contributed by atoms with Crippen LogP contribution >= 0.6 is 61.1 Å². The summed E-state index contributed by atoms with van der Waals surface area (Å²) in [6.45, 7) is 14.5. The van der Waals surface area contributed by atoms with E-state index in [4.69, 9.17) is 52.1 Å². The first-order valence-electron chi connectivity index (χ1n) is 25.7. The molecule has 1 aromatic heterocycles. The Kier molecular flexibility index (Phi) is 21.5. The number of aliphatic imine (C=N–C) groups is 1. The number of ether oxygens (including phenoxy) is 6. The molecule has 4 fully saturated rings. The van der Waals surface area contributed by atoms with Crippen LogP contribution in [0.3, 0.4) is 0 Å². The highest BCUT2D eigenvalue weighted by Gasteiger charge is 2.28. The zero-order valence-corrected chi connectivity index (χ0v) is 48.7. The number of carbonyl (C=O) groups excluding carboxylic acids is 2. The van der Waals surface area contributed by atoms with E-state index < -0.39 is 0 Å². The van der Waals surface area contributed by atoms with Crippen LogP contribution in [0, 0.1) is 0 Å². The van der Waals surface area contributed by atoms with E-state index in [0.29, 0.717) is 71.8 Å². The van der Waals surface area contributed by atoms with E-state index in [9.17, 15) is 9.59 Å². The minimum atomic E-state index is -0.188. The van der Waals surface area contributed by atoms with E-state index in [1.807, 2.05) is 31.2 Å². The number of ketones is 2. The van der Waals surface area contributed by atoms with Crippen molar-refractivity contribution in [3.63, 3.8) is 0 Å². The number of nitrogen functional groups attached to an aromatic ring is 1. The number of aromatic nitrogens is 1. The van der Waals surface area contributed by atoms with Crippen molar-refractivity contribution in [1.82, 2.24) is 14.8 Å². The summed E-state index contributed by atoms with van der Waals surface area (Å²) in [7, 11) is 0. The average molecular weight is 1190 g/mol. The van der Waals surface area contributed by atoms with Gasteiger partial charge in [0.25, 0.3) is 0 Å². The number of rotatable bonds is 12. The fourth-order valence-corrected chi connectivity index (χ4v) is 11.7. The zero-order valence-electron chi connectivity index (χ0n) is 43.3. The number of Topliss-reactive ketones (excluding diaryl/α,β-unsaturated/α-hetero) is 1. The van der Waals surface area contributed by atoms with Crippen molar-refractivity contribution in [3.8, 4) is 23.0 Å². The number of fused-ring (bicyclic) bond motifs is 2. The number of alkyl halides is 1. The predicted molar refractivity (Wildman–Crippen MR) is 322 cm³/mol. The van der Waals surface area contributed by atoms with Crippen LogP contribution in [-0.2, 0) is 9.47 Å². The van der Waals surface area contributed by atoms with Gasteiger partial charge in [0.05, 0.1) is 31.8 Å². The Balaban J connectivity index is 0.000000168. The Morgan fingerprint density at radius 1 is 0.714 bits per heavy atom. The fraction of sp³-hybridized carbons (Fsp3) is 0.426.